The van der Waals surface area contributed by atoms with Crippen molar-refractivity contribution in [2.75, 3.05) is 36.7 Å². The van der Waals surface area contributed by atoms with Crippen LogP contribution in [0.4, 0.5) is 17.1 Å². The monoisotopic (exact) mass is 545 g/mol. The van der Waals surface area contributed by atoms with Crippen molar-refractivity contribution in [2.24, 2.45) is 0 Å². The lowest BCUT2D eigenvalue weighted by Gasteiger charge is -2.30. The van der Waals surface area contributed by atoms with Gasteiger partial charge in [-0.25, -0.2) is 0 Å². The van der Waals surface area contributed by atoms with Gasteiger partial charge in [0.15, 0.2) is 17.3 Å². The lowest BCUT2D eigenvalue weighted by molar-refractivity contribution is -0.116. The zero-order valence-corrected chi connectivity index (χ0v) is 23.7. The van der Waals surface area contributed by atoms with E-state index in [1.165, 1.54) is 5.56 Å². The lowest BCUT2D eigenvalue weighted by Crippen LogP contribution is -2.27. The maximum Gasteiger partial charge on any atom is 0.163 e. The number of fused-ring (bicyclic) bond motifs is 1. The van der Waals surface area contributed by atoms with Gasteiger partial charge in [-0.3, -0.25) is 4.79 Å². The number of Topliss-reactive ketones (excluding diaryl/α,β-unsaturated/α-hetero) is 1. The molecule has 1 aliphatic carbocycles. The van der Waals surface area contributed by atoms with E-state index >= 15 is 0 Å². The Morgan fingerprint density at radius 3 is 2.24 bits per heavy atom. The van der Waals surface area contributed by atoms with Crippen LogP contribution in [0.3, 0.4) is 0 Å². The summed E-state index contributed by atoms with van der Waals surface area (Å²) in [5.74, 6) is 1.55. The Morgan fingerprint density at radius 2 is 1.51 bits per heavy atom. The summed E-state index contributed by atoms with van der Waals surface area (Å²) in [5.41, 5.74) is 8.01. The van der Waals surface area contributed by atoms with Crippen molar-refractivity contribution in [2.45, 2.75) is 31.4 Å². The third-order valence-corrected chi connectivity index (χ3v) is 7.95. The normalized spacial score (nSPS) is 17.9. The van der Waals surface area contributed by atoms with Crippen molar-refractivity contribution >= 4 is 22.8 Å². The summed E-state index contributed by atoms with van der Waals surface area (Å²) in [6.45, 7) is 0.421. The summed E-state index contributed by atoms with van der Waals surface area (Å²) in [4.78, 5) is 16.1. The minimum Gasteiger partial charge on any atom is -0.493 e. The van der Waals surface area contributed by atoms with Gasteiger partial charge in [-0.15, -0.1) is 0 Å². The Balaban J connectivity index is 1.37. The van der Waals surface area contributed by atoms with E-state index in [0.29, 0.717) is 24.5 Å². The Hall–Kier alpha value is -4.71. The maximum absolute atomic E-state index is 14.0. The topological polar surface area (TPSA) is 62.8 Å². The second-order valence-corrected chi connectivity index (χ2v) is 10.8. The van der Waals surface area contributed by atoms with Crippen LogP contribution < -0.4 is 25.0 Å². The summed E-state index contributed by atoms with van der Waals surface area (Å²) < 4.78 is 11.9. The molecule has 0 bridgehead atoms. The highest BCUT2D eigenvalue weighted by Crippen LogP contribution is 2.45. The molecule has 2 N–H and O–H groups in total. The Bertz CT molecular complexity index is 1580. The molecule has 0 fully saturated rings. The van der Waals surface area contributed by atoms with Crippen molar-refractivity contribution in [3.63, 3.8) is 0 Å². The number of methoxy groups -OCH3 is 1. The predicted molar refractivity (Wildman–Crippen MR) is 165 cm³/mol. The highest BCUT2D eigenvalue weighted by Gasteiger charge is 2.36. The van der Waals surface area contributed by atoms with Crippen LogP contribution in [-0.2, 0) is 11.4 Å². The number of ether oxygens (including phenoxy) is 2. The number of ketones is 1. The smallest absolute Gasteiger partial charge is 0.163 e. The molecule has 2 aliphatic rings. The molecule has 0 radical (unpaired) electrons. The molecule has 0 saturated carbocycles. The molecular formula is C35H35N3O3. The number of nitrogens with one attached hydrogen (secondary N) is 2. The second kappa shape index (κ2) is 11.4. The Labute approximate surface area is 241 Å². The van der Waals surface area contributed by atoms with Gasteiger partial charge < -0.3 is 25.0 Å². The van der Waals surface area contributed by atoms with Gasteiger partial charge in [0.1, 0.15) is 6.61 Å². The molecule has 0 spiro atoms. The molecule has 2 unspecified atom stereocenters. The second-order valence-electron chi connectivity index (χ2n) is 10.8. The standard InChI is InChI=1S/C35H35N3O3/c1-38(2)27-16-13-24(14-17-27)26-19-30-34(31(39)20-26)35(37-29-12-8-7-11-28(29)36-30)25-15-18-32(40-3)33(21-25)41-22-23-9-5-4-6-10-23/h4-18,21,26,35-37H,19-20,22H2,1-3H3. The molecule has 208 valence electrons. The highest BCUT2D eigenvalue weighted by molar-refractivity contribution is 6.01. The molecule has 6 nitrogen and oxygen atoms in total. The van der Waals surface area contributed by atoms with Crippen molar-refractivity contribution in [1.29, 1.82) is 0 Å². The molecule has 2 atom stereocenters. The number of benzene rings is 4. The SMILES string of the molecule is COc1ccc(C2Nc3ccccc3NC3=C2C(=O)CC(c2ccc(N(C)C)cc2)C3)cc1OCc1ccccc1. The number of allylic oxidation sites excluding steroid dienone is 1. The predicted octanol–water partition coefficient (Wildman–Crippen LogP) is 7.32. The molecule has 1 aliphatic heterocycles. The van der Waals surface area contributed by atoms with Gasteiger partial charge in [-0.2, -0.15) is 0 Å². The first-order valence-electron chi connectivity index (χ1n) is 14.0. The summed E-state index contributed by atoms with van der Waals surface area (Å²) >= 11 is 0. The first kappa shape index (κ1) is 26.5. The van der Waals surface area contributed by atoms with E-state index in [1.54, 1.807) is 7.11 Å². The first-order chi connectivity index (χ1) is 20.0. The quantitative estimate of drug-likeness (QED) is 0.254. The zero-order valence-electron chi connectivity index (χ0n) is 23.7. The van der Waals surface area contributed by atoms with Crippen LogP contribution in [0.1, 0.15) is 41.5 Å². The number of carbonyl (C=O) groups is 1. The van der Waals surface area contributed by atoms with Gasteiger partial charge in [-0.1, -0.05) is 60.7 Å². The van der Waals surface area contributed by atoms with E-state index in [-0.39, 0.29) is 17.7 Å². The van der Waals surface area contributed by atoms with Gasteiger partial charge >= 0.3 is 0 Å². The number of hydrogen-bond acceptors (Lipinski definition) is 6. The number of nitrogens with zero attached hydrogens (tertiary/aromatic N) is 1. The van der Waals surface area contributed by atoms with Gasteiger partial charge in [0, 0.05) is 37.5 Å². The molecule has 1 heterocycles. The van der Waals surface area contributed by atoms with Crippen LogP contribution in [-0.4, -0.2) is 27.0 Å². The Morgan fingerprint density at radius 1 is 0.805 bits per heavy atom. The molecule has 4 aromatic rings. The first-order valence-corrected chi connectivity index (χ1v) is 14.0. The number of rotatable bonds is 7. The van der Waals surface area contributed by atoms with E-state index in [1.807, 2.05) is 80.8 Å². The maximum atomic E-state index is 14.0. The van der Waals surface area contributed by atoms with Crippen LogP contribution in [0.2, 0.25) is 0 Å². The molecule has 6 heteroatoms. The average Bonchev–Trinajstić information content (AvgIpc) is 3.17. The van der Waals surface area contributed by atoms with Crippen molar-refractivity contribution in [1.82, 2.24) is 0 Å². The van der Waals surface area contributed by atoms with Crippen molar-refractivity contribution in [3.8, 4) is 11.5 Å². The fourth-order valence-electron chi connectivity index (χ4n) is 5.74. The number of carbonyl (C=O) groups excluding carboxylic acids is 1. The summed E-state index contributed by atoms with van der Waals surface area (Å²) in [6.07, 6.45) is 1.21. The third-order valence-electron chi connectivity index (χ3n) is 7.95. The lowest BCUT2D eigenvalue weighted by atomic mass is 9.78. The van der Waals surface area contributed by atoms with Gasteiger partial charge in [-0.05, 0) is 65.4 Å². The Kier molecular flexibility index (Phi) is 7.38. The largest absolute Gasteiger partial charge is 0.493 e. The molecule has 4 aromatic carbocycles. The minimum atomic E-state index is -0.337. The van der Waals surface area contributed by atoms with Gasteiger partial charge in [0.25, 0.3) is 0 Å². The van der Waals surface area contributed by atoms with Crippen LogP contribution in [0.5, 0.6) is 11.5 Å². The molecule has 0 aromatic heterocycles. The number of anilines is 3. The van der Waals surface area contributed by atoms with Crippen molar-refractivity contribution in [3.05, 3.63) is 125 Å². The fraction of sp³-hybridized carbons (Fsp3) is 0.229. The molecule has 41 heavy (non-hydrogen) atoms. The molecule has 0 saturated heterocycles. The highest BCUT2D eigenvalue weighted by atomic mass is 16.5. The zero-order chi connectivity index (χ0) is 28.3. The van der Waals surface area contributed by atoms with Crippen molar-refractivity contribution < 1.29 is 14.3 Å². The third kappa shape index (κ3) is 5.50. The van der Waals surface area contributed by atoms with E-state index in [4.69, 9.17) is 9.47 Å². The number of para-hydroxylation sites is 2. The number of hydrogen-bond donors (Lipinski definition) is 2. The molecular weight excluding hydrogens is 510 g/mol. The average molecular weight is 546 g/mol. The summed E-state index contributed by atoms with van der Waals surface area (Å²) in [7, 11) is 5.71. The van der Waals surface area contributed by atoms with Gasteiger partial charge in [0.2, 0.25) is 0 Å². The van der Waals surface area contributed by atoms with Crippen LogP contribution >= 0.6 is 0 Å². The summed E-state index contributed by atoms with van der Waals surface area (Å²) in [5, 5.41) is 7.31. The minimum absolute atomic E-state index is 0.108. The fourth-order valence-corrected chi connectivity index (χ4v) is 5.74. The molecule has 0 amide bonds. The summed E-state index contributed by atoms with van der Waals surface area (Å²) in [6, 6.07) is 32.3. The van der Waals surface area contributed by atoms with E-state index < -0.39 is 0 Å². The van der Waals surface area contributed by atoms with Crippen LogP contribution in [0.25, 0.3) is 0 Å². The molecule has 6 rings (SSSR count). The van der Waals surface area contributed by atoms with Crippen LogP contribution in [0.15, 0.2) is 108 Å². The van der Waals surface area contributed by atoms with E-state index in [9.17, 15) is 4.79 Å². The van der Waals surface area contributed by atoms with Crippen LogP contribution in [0, 0.1) is 0 Å². The van der Waals surface area contributed by atoms with E-state index in [2.05, 4.69) is 45.9 Å². The van der Waals surface area contributed by atoms with Gasteiger partial charge in [0.05, 0.1) is 24.5 Å². The van der Waals surface area contributed by atoms with E-state index in [0.717, 1.165) is 45.9 Å².